The van der Waals surface area contributed by atoms with Crippen LogP contribution in [0.2, 0.25) is 0 Å². The van der Waals surface area contributed by atoms with Gasteiger partial charge < -0.3 is 10.2 Å². The van der Waals surface area contributed by atoms with Crippen LogP contribution in [-0.4, -0.2) is 28.8 Å². The van der Waals surface area contributed by atoms with Crippen molar-refractivity contribution in [3.05, 3.63) is 35.4 Å². The number of rotatable bonds is 4. The summed E-state index contributed by atoms with van der Waals surface area (Å²) in [4.78, 5) is 26.7. The molecule has 4 nitrogen and oxygen atoms in total. The zero-order chi connectivity index (χ0) is 15.0. The van der Waals surface area contributed by atoms with Crippen molar-refractivity contribution in [2.75, 3.05) is 0 Å². The third kappa shape index (κ3) is 2.80. The number of aryl methyl sites for hydroxylation is 1. The van der Waals surface area contributed by atoms with Crippen molar-refractivity contribution < 1.29 is 9.59 Å². The van der Waals surface area contributed by atoms with Gasteiger partial charge in [-0.2, -0.15) is 0 Å². The van der Waals surface area contributed by atoms with Gasteiger partial charge in [-0.1, -0.05) is 36.8 Å². The fourth-order valence-corrected chi connectivity index (χ4v) is 3.02. The Labute approximate surface area is 125 Å². The minimum atomic E-state index is -0.339. The molecule has 2 unspecified atom stereocenters. The van der Waals surface area contributed by atoms with Crippen molar-refractivity contribution in [3.63, 3.8) is 0 Å². The summed E-state index contributed by atoms with van der Waals surface area (Å²) < 4.78 is 0. The first-order chi connectivity index (χ1) is 10.1. The standard InChI is InChI=1S/C17H22N2O2/c1-3-14-16(20)18-15(13-8-9-13)17(21)19(14)10-12-6-4-11(2)5-7-12/h4-7,13-15H,3,8-10H2,1-2H3,(H,18,20). The quantitative estimate of drug-likeness (QED) is 0.920. The maximum absolute atomic E-state index is 12.7. The molecule has 21 heavy (non-hydrogen) atoms. The Hall–Kier alpha value is -1.84. The van der Waals surface area contributed by atoms with Crippen molar-refractivity contribution in [2.45, 2.75) is 51.7 Å². The molecule has 2 fully saturated rings. The Bertz CT molecular complexity index is 548. The molecule has 1 heterocycles. The van der Waals surface area contributed by atoms with Crippen LogP contribution >= 0.6 is 0 Å². The number of hydrogen-bond acceptors (Lipinski definition) is 2. The Morgan fingerprint density at radius 1 is 1.19 bits per heavy atom. The lowest BCUT2D eigenvalue weighted by Crippen LogP contribution is -2.63. The number of piperazine rings is 1. The number of hydrogen-bond donors (Lipinski definition) is 1. The summed E-state index contributed by atoms with van der Waals surface area (Å²) in [5.41, 5.74) is 2.28. The van der Waals surface area contributed by atoms with Gasteiger partial charge in [0.05, 0.1) is 0 Å². The van der Waals surface area contributed by atoms with Gasteiger partial charge in [0.15, 0.2) is 0 Å². The zero-order valence-electron chi connectivity index (χ0n) is 12.6. The van der Waals surface area contributed by atoms with Gasteiger partial charge >= 0.3 is 0 Å². The largest absolute Gasteiger partial charge is 0.342 e. The molecule has 1 saturated heterocycles. The van der Waals surface area contributed by atoms with E-state index < -0.39 is 0 Å². The topological polar surface area (TPSA) is 49.4 Å². The molecule has 3 rings (SSSR count). The molecular weight excluding hydrogens is 264 g/mol. The lowest BCUT2D eigenvalue weighted by molar-refractivity contribution is -0.150. The van der Waals surface area contributed by atoms with E-state index >= 15 is 0 Å². The van der Waals surface area contributed by atoms with E-state index in [0.717, 1.165) is 18.4 Å². The second-order valence-corrected chi connectivity index (χ2v) is 6.20. The van der Waals surface area contributed by atoms with Crippen molar-refractivity contribution >= 4 is 11.8 Å². The van der Waals surface area contributed by atoms with Crippen molar-refractivity contribution in [1.29, 1.82) is 0 Å². The monoisotopic (exact) mass is 286 g/mol. The molecule has 0 radical (unpaired) electrons. The molecular formula is C17H22N2O2. The average molecular weight is 286 g/mol. The van der Waals surface area contributed by atoms with Gasteiger partial charge in [-0.15, -0.1) is 0 Å². The summed E-state index contributed by atoms with van der Waals surface area (Å²) in [6.45, 7) is 4.52. The third-order valence-electron chi connectivity index (χ3n) is 4.48. The Kier molecular flexibility index (Phi) is 3.70. The van der Waals surface area contributed by atoms with Crippen LogP contribution in [0.15, 0.2) is 24.3 Å². The van der Waals surface area contributed by atoms with Crippen molar-refractivity contribution in [1.82, 2.24) is 10.2 Å². The first-order valence-corrected chi connectivity index (χ1v) is 7.76. The SMILES string of the molecule is CCC1C(=O)NC(C2CC2)C(=O)N1Cc1ccc(C)cc1. The van der Waals surface area contributed by atoms with E-state index in [4.69, 9.17) is 0 Å². The Morgan fingerprint density at radius 3 is 2.43 bits per heavy atom. The molecule has 1 aromatic carbocycles. The Morgan fingerprint density at radius 2 is 1.86 bits per heavy atom. The lowest BCUT2D eigenvalue weighted by Gasteiger charge is -2.39. The molecule has 0 aromatic heterocycles. The molecule has 1 N–H and O–H groups in total. The summed E-state index contributed by atoms with van der Waals surface area (Å²) in [6.07, 6.45) is 2.75. The van der Waals surface area contributed by atoms with Crippen LogP contribution in [0.4, 0.5) is 0 Å². The normalized spacial score (nSPS) is 25.9. The summed E-state index contributed by atoms with van der Waals surface area (Å²) in [5, 5.41) is 2.92. The smallest absolute Gasteiger partial charge is 0.246 e. The van der Waals surface area contributed by atoms with E-state index in [-0.39, 0.29) is 23.9 Å². The molecule has 1 aromatic rings. The predicted octanol–water partition coefficient (Wildman–Crippen LogP) is 2.01. The molecule has 1 aliphatic carbocycles. The van der Waals surface area contributed by atoms with E-state index in [1.807, 2.05) is 38.1 Å². The summed E-state index contributed by atoms with van der Waals surface area (Å²) in [6, 6.07) is 7.52. The van der Waals surface area contributed by atoms with E-state index in [1.165, 1.54) is 5.56 Å². The molecule has 1 aliphatic heterocycles. The molecule has 0 spiro atoms. The van der Waals surface area contributed by atoms with Crippen LogP contribution in [0.25, 0.3) is 0 Å². The highest BCUT2D eigenvalue weighted by atomic mass is 16.2. The van der Waals surface area contributed by atoms with Crippen LogP contribution in [0.5, 0.6) is 0 Å². The molecule has 2 amide bonds. The highest BCUT2D eigenvalue weighted by Crippen LogP contribution is 2.35. The van der Waals surface area contributed by atoms with Crippen LogP contribution in [0, 0.1) is 12.8 Å². The van der Waals surface area contributed by atoms with Gasteiger partial charge in [0.2, 0.25) is 11.8 Å². The number of amides is 2. The second-order valence-electron chi connectivity index (χ2n) is 6.20. The molecule has 0 bridgehead atoms. The van der Waals surface area contributed by atoms with E-state index in [9.17, 15) is 9.59 Å². The van der Waals surface area contributed by atoms with Crippen molar-refractivity contribution in [2.24, 2.45) is 5.92 Å². The molecule has 4 heteroatoms. The minimum Gasteiger partial charge on any atom is -0.342 e. The summed E-state index contributed by atoms with van der Waals surface area (Å²) >= 11 is 0. The van der Waals surface area contributed by atoms with Gasteiger partial charge in [0.25, 0.3) is 0 Å². The van der Waals surface area contributed by atoms with Gasteiger partial charge in [-0.3, -0.25) is 9.59 Å². The fraction of sp³-hybridized carbons (Fsp3) is 0.529. The van der Waals surface area contributed by atoms with Gasteiger partial charge in [0, 0.05) is 6.54 Å². The lowest BCUT2D eigenvalue weighted by atomic mass is 10.0. The molecule has 2 atom stereocenters. The maximum atomic E-state index is 12.7. The highest BCUT2D eigenvalue weighted by Gasteiger charge is 2.46. The summed E-state index contributed by atoms with van der Waals surface area (Å²) in [5.74, 6) is 0.436. The third-order valence-corrected chi connectivity index (χ3v) is 4.48. The first-order valence-electron chi connectivity index (χ1n) is 7.76. The average Bonchev–Trinajstić information content (AvgIpc) is 3.29. The van der Waals surface area contributed by atoms with Crippen LogP contribution in [-0.2, 0) is 16.1 Å². The fourth-order valence-electron chi connectivity index (χ4n) is 3.02. The number of nitrogens with zero attached hydrogens (tertiary/aromatic N) is 1. The van der Waals surface area contributed by atoms with E-state index in [1.54, 1.807) is 4.90 Å². The minimum absolute atomic E-state index is 0.00103. The second kappa shape index (κ2) is 5.51. The number of carbonyl (C=O) groups is 2. The van der Waals surface area contributed by atoms with Gasteiger partial charge in [0.1, 0.15) is 12.1 Å². The zero-order valence-corrected chi connectivity index (χ0v) is 12.6. The maximum Gasteiger partial charge on any atom is 0.246 e. The van der Waals surface area contributed by atoms with Gasteiger partial charge in [-0.25, -0.2) is 0 Å². The first kappa shape index (κ1) is 14.1. The van der Waals surface area contributed by atoms with Crippen molar-refractivity contribution in [3.8, 4) is 0 Å². The van der Waals surface area contributed by atoms with Crippen LogP contribution in [0.1, 0.15) is 37.3 Å². The number of nitrogens with one attached hydrogen (secondary N) is 1. The highest BCUT2D eigenvalue weighted by molar-refractivity contribution is 5.97. The van der Waals surface area contributed by atoms with Crippen LogP contribution < -0.4 is 5.32 Å². The van der Waals surface area contributed by atoms with Gasteiger partial charge in [-0.05, 0) is 37.7 Å². The Balaban J connectivity index is 1.82. The number of benzene rings is 1. The van der Waals surface area contributed by atoms with Crippen LogP contribution in [0.3, 0.4) is 0 Å². The molecule has 2 aliphatic rings. The van der Waals surface area contributed by atoms with E-state index in [2.05, 4.69) is 5.32 Å². The predicted molar refractivity (Wildman–Crippen MR) is 80.5 cm³/mol. The molecule has 1 saturated carbocycles. The van der Waals surface area contributed by atoms with E-state index in [0.29, 0.717) is 18.9 Å². The summed E-state index contributed by atoms with van der Waals surface area (Å²) in [7, 11) is 0. The molecule has 112 valence electrons. The number of carbonyl (C=O) groups excluding carboxylic acids is 2.